The van der Waals surface area contributed by atoms with Crippen LogP contribution in [0.2, 0.25) is 0 Å². The lowest BCUT2D eigenvalue weighted by Gasteiger charge is -2.23. The van der Waals surface area contributed by atoms with E-state index in [9.17, 15) is 4.79 Å². The zero-order valence-corrected chi connectivity index (χ0v) is 17.5. The third-order valence-corrected chi connectivity index (χ3v) is 6.44. The number of hydrogen-bond acceptors (Lipinski definition) is 1. The fourth-order valence-corrected chi connectivity index (χ4v) is 4.83. The molecule has 0 bridgehead atoms. The maximum atomic E-state index is 13.3. The molecule has 0 aliphatic heterocycles. The zero-order valence-electron chi connectivity index (χ0n) is 17.5. The molecule has 5 rings (SSSR count). The Balaban J connectivity index is 1.57. The molecule has 1 N–H and O–H groups in total. The second-order valence-electron chi connectivity index (χ2n) is 8.62. The van der Waals surface area contributed by atoms with Gasteiger partial charge in [-0.05, 0) is 53.8 Å². The predicted molar refractivity (Wildman–Crippen MR) is 124 cm³/mol. The lowest BCUT2D eigenvalue weighted by atomic mass is 9.95. The van der Waals surface area contributed by atoms with Crippen LogP contribution in [0.1, 0.15) is 53.7 Å². The van der Waals surface area contributed by atoms with Gasteiger partial charge in [0.15, 0.2) is 0 Å². The summed E-state index contributed by atoms with van der Waals surface area (Å²) in [7, 11) is 0. The van der Waals surface area contributed by atoms with Gasteiger partial charge in [-0.1, -0.05) is 73.9 Å². The third kappa shape index (κ3) is 3.60. The first-order valence-corrected chi connectivity index (χ1v) is 11.1. The number of amides is 1. The van der Waals surface area contributed by atoms with Gasteiger partial charge in [-0.3, -0.25) is 4.79 Å². The van der Waals surface area contributed by atoms with Crippen molar-refractivity contribution in [3.63, 3.8) is 0 Å². The Bertz CT molecular complexity index is 1210. The van der Waals surface area contributed by atoms with Crippen molar-refractivity contribution in [1.29, 1.82) is 0 Å². The van der Waals surface area contributed by atoms with Crippen molar-refractivity contribution in [3.05, 3.63) is 83.6 Å². The SMILES string of the molecule is Cc1ccc2cc(C(=O)NC3CCCCC3)n(Cc3cccc4ccccc34)c2c1. The molecule has 1 heterocycles. The lowest BCUT2D eigenvalue weighted by Crippen LogP contribution is -2.37. The van der Waals surface area contributed by atoms with Crippen LogP contribution in [0.4, 0.5) is 0 Å². The molecule has 0 radical (unpaired) electrons. The van der Waals surface area contributed by atoms with Crippen LogP contribution in [-0.2, 0) is 6.54 Å². The molecule has 0 unspecified atom stereocenters. The number of aromatic nitrogens is 1. The minimum absolute atomic E-state index is 0.0518. The monoisotopic (exact) mass is 396 g/mol. The number of nitrogens with zero attached hydrogens (tertiary/aromatic N) is 1. The second kappa shape index (κ2) is 7.98. The van der Waals surface area contributed by atoms with E-state index in [1.165, 1.54) is 41.2 Å². The van der Waals surface area contributed by atoms with E-state index in [1.54, 1.807) is 0 Å². The van der Waals surface area contributed by atoms with Crippen LogP contribution < -0.4 is 5.32 Å². The van der Waals surface area contributed by atoms with Gasteiger partial charge in [0, 0.05) is 23.5 Å². The largest absolute Gasteiger partial charge is 0.348 e. The molecule has 3 aromatic carbocycles. The van der Waals surface area contributed by atoms with E-state index in [1.807, 2.05) is 0 Å². The number of rotatable bonds is 4. The fraction of sp³-hybridized carbons (Fsp3) is 0.296. The van der Waals surface area contributed by atoms with Gasteiger partial charge in [0.1, 0.15) is 5.69 Å². The summed E-state index contributed by atoms with van der Waals surface area (Å²) in [6.07, 6.45) is 5.89. The molecule has 1 saturated carbocycles. The molecule has 1 aliphatic carbocycles. The smallest absolute Gasteiger partial charge is 0.268 e. The second-order valence-corrected chi connectivity index (χ2v) is 8.62. The van der Waals surface area contributed by atoms with Gasteiger partial charge < -0.3 is 9.88 Å². The number of hydrogen-bond donors (Lipinski definition) is 1. The molecule has 1 fully saturated rings. The van der Waals surface area contributed by atoms with Crippen molar-refractivity contribution in [1.82, 2.24) is 9.88 Å². The molecule has 0 atom stereocenters. The average Bonchev–Trinajstić information content (AvgIpc) is 3.12. The highest BCUT2D eigenvalue weighted by Gasteiger charge is 2.21. The molecule has 30 heavy (non-hydrogen) atoms. The van der Waals surface area contributed by atoms with Crippen LogP contribution in [0.5, 0.6) is 0 Å². The fourth-order valence-electron chi connectivity index (χ4n) is 4.83. The highest BCUT2D eigenvalue weighted by molar-refractivity contribution is 5.99. The topological polar surface area (TPSA) is 34.0 Å². The number of fused-ring (bicyclic) bond motifs is 2. The highest BCUT2D eigenvalue weighted by Crippen LogP contribution is 2.26. The Morgan fingerprint density at radius 1 is 0.933 bits per heavy atom. The minimum atomic E-state index is 0.0518. The van der Waals surface area contributed by atoms with Crippen molar-refractivity contribution in [2.75, 3.05) is 0 Å². The average molecular weight is 397 g/mol. The number of benzene rings is 3. The van der Waals surface area contributed by atoms with Crippen LogP contribution in [0.25, 0.3) is 21.7 Å². The first kappa shape index (κ1) is 18.9. The first-order chi connectivity index (χ1) is 14.7. The van der Waals surface area contributed by atoms with Gasteiger partial charge in [-0.2, -0.15) is 0 Å². The third-order valence-electron chi connectivity index (χ3n) is 6.44. The van der Waals surface area contributed by atoms with Gasteiger partial charge in [-0.25, -0.2) is 0 Å². The van der Waals surface area contributed by atoms with E-state index in [2.05, 4.69) is 83.5 Å². The molecule has 3 nitrogen and oxygen atoms in total. The van der Waals surface area contributed by atoms with Crippen LogP contribution in [-0.4, -0.2) is 16.5 Å². The van der Waals surface area contributed by atoms with Gasteiger partial charge in [0.25, 0.3) is 5.91 Å². The summed E-state index contributed by atoms with van der Waals surface area (Å²) in [6.45, 7) is 2.79. The predicted octanol–water partition coefficient (Wildman–Crippen LogP) is 6.21. The first-order valence-electron chi connectivity index (χ1n) is 11.1. The molecule has 1 amide bonds. The van der Waals surface area contributed by atoms with Crippen molar-refractivity contribution >= 4 is 27.6 Å². The Labute approximate surface area is 177 Å². The van der Waals surface area contributed by atoms with Gasteiger partial charge in [0.2, 0.25) is 0 Å². The van der Waals surface area contributed by atoms with Crippen molar-refractivity contribution in [2.24, 2.45) is 0 Å². The van der Waals surface area contributed by atoms with Crippen molar-refractivity contribution in [2.45, 2.75) is 51.6 Å². The number of carbonyl (C=O) groups is 1. The molecular formula is C27H28N2O. The molecule has 0 saturated heterocycles. The van der Waals surface area contributed by atoms with Gasteiger partial charge in [-0.15, -0.1) is 0 Å². The quantitative estimate of drug-likeness (QED) is 0.437. The summed E-state index contributed by atoms with van der Waals surface area (Å²) < 4.78 is 2.20. The molecular weight excluding hydrogens is 368 g/mol. The van der Waals surface area contributed by atoms with Crippen LogP contribution in [0.3, 0.4) is 0 Å². The van der Waals surface area contributed by atoms with E-state index < -0.39 is 0 Å². The van der Waals surface area contributed by atoms with E-state index >= 15 is 0 Å². The Morgan fingerprint density at radius 2 is 1.73 bits per heavy atom. The summed E-state index contributed by atoms with van der Waals surface area (Å²) in [5.74, 6) is 0.0518. The summed E-state index contributed by atoms with van der Waals surface area (Å²) in [4.78, 5) is 13.3. The Hall–Kier alpha value is -3.07. The van der Waals surface area contributed by atoms with Crippen LogP contribution >= 0.6 is 0 Å². The van der Waals surface area contributed by atoms with E-state index in [-0.39, 0.29) is 5.91 Å². The number of aryl methyl sites for hydroxylation is 1. The van der Waals surface area contributed by atoms with Gasteiger partial charge in [0.05, 0.1) is 0 Å². The molecule has 3 heteroatoms. The molecule has 152 valence electrons. The number of carbonyl (C=O) groups excluding carboxylic acids is 1. The molecule has 4 aromatic rings. The number of nitrogens with one attached hydrogen (secondary N) is 1. The Kier molecular flexibility index (Phi) is 5.04. The summed E-state index contributed by atoms with van der Waals surface area (Å²) >= 11 is 0. The normalized spacial score (nSPS) is 15.0. The van der Waals surface area contributed by atoms with E-state index in [0.29, 0.717) is 12.6 Å². The molecule has 0 spiro atoms. The minimum Gasteiger partial charge on any atom is -0.348 e. The zero-order chi connectivity index (χ0) is 20.5. The van der Waals surface area contributed by atoms with Crippen LogP contribution in [0.15, 0.2) is 66.7 Å². The van der Waals surface area contributed by atoms with E-state index in [0.717, 1.165) is 29.4 Å². The Morgan fingerprint density at radius 3 is 2.60 bits per heavy atom. The highest BCUT2D eigenvalue weighted by atomic mass is 16.2. The maximum absolute atomic E-state index is 13.3. The van der Waals surface area contributed by atoms with Crippen molar-refractivity contribution in [3.8, 4) is 0 Å². The summed E-state index contributed by atoms with van der Waals surface area (Å²) in [6, 6.07) is 23.7. The maximum Gasteiger partial charge on any atom is 0.268 e. The van der Waals surface area contributed by atoms with E-state index in [4.69, 9.17) is 0 Å². The summed E-state index contributed by atoms with van der Waals surface area (Å²) in [5.41, 5.74) is 4.32. The van der Waals surface area contributed by atoms with Gasteiger partial charge >= 0.3 is 0 Å². The standard InChI is InChI=1S/C27H28N2O/c1-19-14-15-21-17-26(27(30)28-23-11-3-2-4-12-23)29(25(21)16-19)18-22-10-7-9-20-8-5-6-13-24(20)22/h5-10,13-17,23H,2-4,11-12,18H2,1H3,(H,28,30). The van der Waals surface area contributed by atoms with Crippen molar-refractivity contribution < 1.29 is 4.79 Å². The lowest BCUT2D eigenvalue weighted by molar-refractivity contribution is 0.0919. The van der Waals surface area contributed by atoms with Crippen LogP contribution in [0, 0.1) is 6.92 Å². The molecule has 1 aliphatic rings. The molecule has 1 aromatic heterocycles. The summed E-state index contributed by atoms with van der Waals surface area (Å²) in [5, 5.41) is 6.91.